The van der Waals surface area contributed by atoms with Crippen LogP contribution in [-0.4, -0.2) is 27.1 Å². The number of fused-ring (bicyclic) bond motifs is 1. The molecule has 136 valence electrons. The van der Waals surface area contributed by atoms with Crippen LogP contribution in [-0.2, 0) is 4.74 Å². The van der Waals surface area contributed by atoms with Gasteiger partial charge in [0.2, 0.25) is 5.88 Å². The van der Waals surface area contributed by atoms with Crippen LogP contribution >= 0.6 is 0 Å². The van der Waals surface area contributed by atoms with E-state index in [1.54, 1.807) is 37.3 Å². The molecule has 2 heterocycles. The van der Waals surface area contributed by atoms with Crippen LogP contribution < -0.4 is 4.74 Å². The van der Waals surface area contributed by atoms with E-state index in [0.717, 1.165) is 4.57 Å². The Labute approximate surface area is 148 Å². The third kappa shape index (κ3) is 3.35. The molecule has 0 saturated heterocycles. The third-order valence-electron chi connectivity index (χ3n) is 3.74. The normalized spacial score (nSPS) is 12.3. The second-order valence-corrected chi connectivity index (χ2v) is 5.44. The van der Waals surface area contributed by atoms with Crippen molar-refractivity contribution in [3.05, 3.63) is 54.0 Å². The fourth-order valence-corrected chi connectivity index (χ4v) is 2.63. The highest BCUT2D eigenvalue weighted by Crippen LogP contribution is 2.29. The average molecular weight is 361 g/mol. The van der Waals surface area contributed by atoms with E-state index in [4.69, 9.17) is 9.47 Å². The maximum atomic E-state index is 13.5. The van der Waals surface area contributed by atoms with Crippen molar-refractivity contribution in [2.75, 3.05) is 6.61 Å². The lowest BCUT2D eigenvalue weighted by atomic mass is 10.2. The average Bonchev–Trinajstić information content (AvgIpc) is 3.02. The van der Waals surface area contributed by atoms with E-state index in [0.29, 0.717) is 12.1 Å². The first-order chi connectivity index (χ1) is 12.5. The third-order valence-corrected chi connectivity index (χ3v) is 3.74. The first-order valence-corrected chi connectivity index (χ1v) is 8.06. The number of hydrogen-bond donors (Lipinski definition) is 0. The van der Waals surface area contributed by atoms with E-state index in [1.807, 2.05) is 0 Å². The monoisotopic (exact) mass is 361 g/mol. The second-order valence-electron chi connectivity index (χ2n) is 5.44. The van der Waals surface area contributed by atoms with E-state index in [9.17, 15) is 13.6 Å². The molecular weight excluding hydrogens is 344 g/mol. The van der Waals surface area contributed by atoms with Gasteiger partial charge >= 0.3 is 12.5 Å². The molecule has 0 radical (unpaired) electrons. The quantitative estimate of drug-likeness (QED) is 0.617. The Hall–Kier alpha value is -3.03. The highest BCUT2D eigenvalue weighted by atomic mass is 19.3. The molecule has 0 N–H and O–H groups in total. The van der Waals surface area contributed by atoms with Crippen molar-refractivity contribution in [2.45, 2.75) is 26.5 Å². The van der Waals surface area contributed by atoms with Gasteiger partial charge in [0.25, 0.3) is 0 Å². The number of para-hydroxylation sites is 2. The Balaban J connectivity index is 1.91. The molecule has 6 nitrogen and oxygen atoms in total. The summed E-state index contributed by atoms with van der Waals surface area (Å²) < 4.78 is 38.5. The number of halogens is 2. The summed E-state index contributed by atoms with van der Waals surface area (Å²) in [5.41, 5.74) is 0.805. The molecule has 0 aliphatic heterocycles. The largest absolute Gasteiger partial charge is 0.477 e. The van der Waals surface area contributed by atoms with Crippen LogP contribution in [0, 0.1) is 0 Å². The Kier molecular flexibility index (Phi) is 5.11. The van der Waals surface area contributed by atoms with E-state index >= 15 is 0 Å². The van der Waals surface area contributed by atoms with Crippen LogP contribution in [0.5, 0.6) is 5.88 Å². The Bertz CT molecular complexity index is 927. The molecule has 2 aromatic heterocycles. The number of carbonyl (C=O) groups is 1. The van der Waals surface area contributed by atoms with Crippen molar-refractivity contribution < 1.29 is 23.0 Å². The molecule has 3 rings (SSSR count). The van der Waals surface area contributed by atoms with Crippen molar-refractivity contribution in [2.24, 2.45) is 0 Å². The summed E-state index contributed by atoms with van der Waals surface area (Å²) in [5, 5.41) is 0. The molecule has 0 aliphatic carbocycles. The molecule has 1 aromatic carbocycles. The molecule has 3 aromatic rings. The minimum Gasteiger partial charge on any atom is -0.477 e. The van der Waals surface area contributed by atoms with Gasteiger partial charge in [0.05, 0.1) is 17.6 Å². The predicted octanol–water partition coefficient (Wildman–Crippen LogP) is 4.14. The van der Waals surface area contributed by atoms with Crippen molar-refractivity contribution in [1.29, 1.82) is 0 Å². The number of imidazole rings is 1. The van der Waals surface area contributed by atoms with E-state index < -0.39 is 18.6 Å². The number of ether oxygens (including phenoxy) is 2. The van der Waals surface area contributed by atoms with Crippen LogP contribution in [0.1, 0.15) is 42.7 Å². The zero-order valence-electron chi connectivity index (χ0n) is 14.2. The number of rotatable bonds is 6. The number of esters is 1. The number of hydrogen-bond acceptors (Lipinski definition) is 5. The smallest absolute Gasteiger partial charge is 0.344 e. The van der Waals surface area contributed by atoms with E-state index in [2.05, 4.69) is 9.97 Å². The molecular formula is C18H17F2N3O3. The maximum Gasteiger partial charge on any atom is 0.344 e. The highest BCUT2D eigenvalue weighted by molar-refractivity contribution is 5.92. The van der Waals surface area contributed by atoms with Crippen LogP contribution in [0.2, 0.25) is 0 Å². The standard InChI is InChI=1S/C18H17F2N3O3/c1-3-25-16-12(7-6-10-21-16)17(24)26-11(2)15-22-13-8-4-5-9-14(13)23(15)18(19)20/h4-11,18H,3H2,1-2H3/t11-/m1/s1. The summed E-state index contributed by atoms with van der Waals surface area (Å²) in [5.74, 6) is -0.618. The van der Waals surface area contributed by atoms with Crippen molar-refractivity contribution >= 4 is 17.0 Å². The predicted molar refractivity (Wildman–Crippen MR) is 90.2 cm³/mol. The summed E-state index contributed by atoms with van der Waals surface area (Å²) >= 11 is 0. The molecule has 0 saturated carbocycles. The van der Waals surface area contributed by atoms with Crippen molar-refractivity contribution in [3.63, 3.8) is 0 Å². The summed E-state index contributed by atoms with van der Waals surface area (Å²) in [6.45, 7) is 0.774. The first kappa shape index (κ1) is 17.8. The van der Waals surface area contributed by atoms with Gasteiger partial charge in [-0.1, -0.05) is 12.1 Å². The van der Waals surface area contributed by atoms with Crippen LogP contribution in [0.25, 0.3) is 11.0 Å². The lowest BCUT2D eigenvalue weighted by Crippen LogP contribution is -2.15. The minimum absolute atomic E-state index is 0.0311. The number of alkyl halides is 2. The van der Waals surface area contributed by atoms with Crippen LogP contribution in [0.15, 0.2) is 42.6 Å². The van der Waals surface area contributed by atoms with Crippen LogP contribution in [0.4, 0.5) is 8.78 Å². The molecule has 0 amide bonds. The Morgan fingerprint density at radius 1 is 1.23 bits per heavy atom. The summed E-state index contributed by atoms with van der Waals surface area (Å²) in [6.07, 6.45) is 0.500. The summed E-state index contributed by atoms with van der Waals surface area (Å²) in [7, 11) is 0. The fourth-order valence-electron chi connectivity index (χ4n) is 2.63. The number of aromatic nitrogens is 3. The number of carbonyl (C=O) groups excluding carboxylic acids is 1. The van der Waals surface area contributed by atoms with Crippen molar-refractivity contribution in [1.82, 2.24) is 14.5 Å². The molecule has 0 aliphatic rings. The Morgan fingerprint density at radius 2 is 2.00 bits per heavy atom. The molecule has 26 heavy (non-hydrogen) atoms. The molecule has 0 bridgehead atoms. The summed E-state index contributed by atoms with van der Waals surface area (Å²) in [4.78, 5) is 20.6. The SMILES string of the molecule is CCOc1ncccc1C(=O)O[C@H](C)c1nc2ccccc2n1C(F)F. The molecule has 8 heteroatoms. The highest BCUT2D eigenvalue weighted by Gasteiger charge is 2.25. The molecule has 0 spiro atoms. The maximum absolute atomic E-state index is 13.5. The zero-order valence-corrected chi connectivity index (χ0v) is 14.2. The van der Waals surface area contributed by atoms with Gasteiger partial charge in [0.15, 0.2) is 11.9 Å². The number of benzene rings is 1. The molecule has 1 atom stereocenters. The van der Waals surface area contributed by atoms with Gasteiger partial charge in [-0.05, 0) is 38.1 Å². The van der Waals surface area contributed by atoms with Gasteiger partial charge in [0, 0.05) is 6.20 Å². The van der Waals surface area contributed by atoms with Gasteiger partial charge in [0.1, 0.15) is 5.56 Å². The lowest BCUT2D eigenvalue weighted by Gasteiger charge is -2.16. The van der Waals surface area contributed by atoms with E-state index in [-0.39, 0.29) is 22.8 Å². The second kappa shape index (κ2) is 7.47. The summed E-state index contributed by atoms with van der Waals surface area (Å²) in [6, 6.07) is 9.59. The van der Waals surface area contributed by atoms with Gasteiger partial charge in [-0.15, -0.1) is 0 Å². The minimum atomic E-state index is -2.81. The number of pyridine rings is 1. The molecule has 0 unspecified atom stereocenters. The van der Waals surface area contributed by atoms with Crippen LogP contribution in [0.3, 0.4) is 0 Å². The van der Waals surface area contributed by atoms with Gasteiger partial charge < -0.3 is 9.47 Å². The fraction of sp³-hybridized carbons (Fsp3) is 0.278. The van der Waals surface area contributed by atoms with Gasteiger partial charge in [-0.3, -0.25) is 4.57 Å². The first-order valence-electron chi connectivity index (χ1n) is 8.06. The number of nitrogens with zero attached hydrogens (tertiary/aromatic N) is 3. The topological polar surface area (TPSA) is 66.2 Å². The van der Waals surface area contributed by atoms with Gasteiger partial charge in [-0.2, -0.15) is 8.78 Å². The Morgan fingerprint density at radius 3 is 2.73 bits per heavy atom. The van der Waals surface area contributed by atoms with E-state index in [1.165, 1.54) is 19.2 Å². The zero-order chi connectivity index (χ0) is 18.7. The lowest BCUT2D eigenvalue weighted by molar-refractivity contribution is 0.0229. The van der Waals surface area contributed by atoms with Gasteiger partial charge in [-0.25, -0.2) is 14.8 Å². The van der Waals surface area contributed by atoms with Crippen molar-refractivity contribution in [3.8, 4) is 5.88 Å². The molecule has 0 fully saturated rings.